The number of rotatable bonds is 3. The lowest BCUT2D eigenvalue weighted by Gasteiger charge is -2.15. The molecule has 3 aromatic rings. The molecule has 1 aliphatic heterocycles. The summed E-state index contributed by atoms with van der Waals surface area (Å²) >= 11 is 1.70. The summed E-state index contributed by atoms with van der Waals surface area (Å²) in [5.74, 6) is 1.43. The molecule has 0 bridgehead atoms. The first-order chi connectivity index (χ1) is 10.7. The van der Waals surface area contributed by atoms with Crippen LogP contribution in [0.4, 0.5) is 0 Å². The Morgan fingerprint density at radius 2 is 2.14 bits per heavy atom. The summed E-state index contributed by atoms with van der Waals surface area (Å²) in [7, 11) is 2.04. The highest BCUT2D eigenvalue weighted by molar-refractivity contribution is 7.09. The molecule has 2 aromatic heterocycles. The Balaban J connectivity index is 1.60. The van der Waals surface area contributed by atoms with E-state index in [1.165, 1.54) is 4.88 Å². The number of thiophene rings is 1. The van der Waals surface area contributed by atoms with Gasteiger partial charge in [-0.3, -0.25) is 4.79 Å². The fourth-order valence-corrected chi connectivity index (χ4v) is 3.94. The van der Waals surface area contributed by atoms with Crippen molar-refractivity contribution in [2.45, 2.75) is 18.9 Å². The van der Waals surface area contributed by atoms with Gasteiger partial charge in [0.1, 0.15) is 5.82 Å². The molecule has 0 radical (unpaired) electrons. The van der Waals surface area contributed by atoms with Crippen molar-refractivity contribution in [3.05, 3.63) is 52.5 Å². The molecule has 22 heavy (non-hydrogen) atoms. The van der Waals surface area contributed by atoms with Crippen LogP contribution in [0.3, 0.4) is 0 Å². The van der Waals surface area contributed by atoms with Crippen molar-refractivity contribution in [2.24, 2.45) is 7.05 Å². The fraction of sp³-hybridized carbons (Fsp3) is 0.294. The maximum absolute atomic E-state index is 12.3. The third-order valence-electron chi connectivity index (χ3n) is 4.33. The lowest BCUT2D eigenvalue weighted by molar-refractivity contribution is -0.128. The number of amides is 1. The Bertz CT molecular complexity index is 822. The zero-order chi connectivity index (χ0) is 15.1. The van der Waals surface area contributed by atoms with Crippen molar-refractivity contribution in [3.8, 4) is 0 Å². The van der Waals surface area contributed by atoms with Gasteiger partial charge >= 0.3 is 0 Å². The van der Waals surface area contributed by atoms with Crippen molar-refractivity contribution in [2.75, 3.05) is 6.54 Å². The summed E-state index contributed by atoms with van der Waals surface area (Å²) in [5, 5.41) is 2.05. The van der Waals surface area contributed by atoms with E-state index in [0.29, 0.717) is 6.42 Å². The summed E-state index contributed by atoms with van der Waals surface area (Å²) in [4.78, 5) is 20.2. The van der Waals surface area contributed by atoms with Crippen LogP contribution in [0.5, 0.6) is 0 Å². The number of carbonyl (C=O) groups is 1. The lowest BCUT2D eigenvalue weighted by Crippen LogP contribution is -2.24. The molecule has 1 aromatic carbocycles. The Hall–Kier alpha value is -2.14. The Morgan fingerprint density at radius 3 is 2.91 bits per heavy atom. The third kappa shape index (κ3) is 2.22. The standard InChI is InChI=1S/C17H17N3OS/c1-19-15-7-3-2-6-14(15)18-17(19)12-9-16(21)20(10-12)11-13-5-4-8-22-13/h2-8,12H,9-11H2,1H3/t12-/m0/s1. The molecule has 0 spiro atoms. The zero-order valence-electron chi connectivity index (χ0n) is 12.4. The number of aryl methyl sites for hydroxylation is 1. The monoisotopic (exact) mass is 311 g/mol. The first-order valence-corrected chi connectivity index (χ1v) is 8.32. The summed E-state index contributed by atoms with van der Waals surface area (Å²) in [5.41, 5.74) is 2.13. The number of hydrogen-bond donors (Lipinski definition) is 0. The molecule has 1 saturated heterocycles. The quantitative estimate of drug-likeness (QED) is 0.745. The second-order valence-corrected chi connectivity index (χ2v) is 6.80. The average Bonchev–Trinajstić information content (AvgIpc) is 3.22. The summed E-state index contributed by atoms with van der Waals surface area (Å²) in [6.07, 6.45) is 0.558. The minimum absolute atomic E-state index is 0.185. The van der Waals surface area contributed by atoms with Gasteiger partial charge < -0.3 is 9.47 Å². The minimum Gasteiger partial charge on any atom is -0.337 e. The van der Waals surface area contributed by atoms with Gasteiger partial charge in [0, 0.05) is 30.8 Å². The zero-order valence-corrected chi connectivity index (χ0v) is 13.2. The number of benzene rings is 1. The van der Waals surface area contributed by atoms with Gasteiger partial charge in [0.15, 0.2) is 0 Å². The number of aromatic nitrogens is 2. The van der Waals surface area contributed by atoms with Crippen LogP contribution in [0.1, 0.15) is 23.0 Å². The highest BCUT2D eigenvalue weighted by atomic mass is 32.1. The van der Waals surface area contributed by atoms with Crippen LogP contribution < -0.4 is 0 Å². The molecule has 112 valence electrons. The predicted octanol–water partition coefficient (Wildman–Crippen LogP) is 3.15. The van der Waals surface area contributed by atoms with Gasteiger partial charge in [-0.15, -0.1) is 11.3 Å². The van der Waals surface area contributed by atoms with Crippen LogP contribution in [0.25, 0.3) is 11.0 Å². The van der Waals surface area contributed by atoms with Crippen LogP contribution in [-0.2, 0) is 18.4 Å². The molecule has 3 heterocycles. The third-order valence-corrected chi connectivity index (χ3v) is 5.19. The molecular formula is C17H17N3OS. The first kappa shape index (κ1) is 13.5. The molecule has 1 aliphatic rings. The number of fused-ring (bicyclic) bond motifs is 1. The molecule has 4 rings (SSSR count). The van der Waals surface area contributed by atoms with Crippen molar-refractivity contribution < 1.29 is 4.79 Å². The summed E-state index contributed by atoms with van der Waals surface area (Å²) in [6, 6.07) is 12.2. The van der Waals surface area contributed by atoms with Gasteiger partial charge in [0.05, 0.1) is 17.6 Å². The van der Waals surface area contributed by atoms with Crippen molar-refractivity contribution >= 4 is 28.3 Å². The van der Waals surface area contributed by atoms with E-state index >= 15 is 0 Å². The van der Waals surface area contributed by atoms with E-state index in [0.717, 1.165) is 29.9 Å². The van der Waals surface area contributed by atoms with Crippen LogP contribution >= 0.6 is 11.3 Å². The van der Waals surface area contributed by atoms with Gasteiger partial charge in [0.2, 0.25) is 5.91 Å². The van der Waals surface area contributed by atoms with E-state index in [9.17, 15) is 4.79 Å². The number of likely N-dealkylation sites (tertiary alicyclic amines) is 1. The maximum Gasteiger partial charge on any atom is 0.223 e. The fourth-order valence-electron chi connectivity index (χ4n) is 3.22. The normalized spacial score (nSPS) is 18.5. The average molecular weight is 311 g/mol. The number of hydrogen-bond acceptors (Lipinski definition) is 3. The molecule has 1 atom stereocenters. The number of imidazole rings is 1. The molecule has 0 saturated carbocycles. The van der Waals surface area contributed by atoms with Crippen LogP contribution in [0.2, 0.25) is 0 Å². The molecule has 1 fully saturated rings. The molecule has 1 amide bonds. The Kier molecular flexibility index (Phi) is 3.22. The van der Waals surface area contributed by atoms with E-state index in [-0.39, 0.29) is 11.8 Å². The predicted molar refractivity (Wildman–Crippen MR) is 87.8 cm³/mol. The summed E-state index contributed by atoms with van der Waals surface area (Å²) in [6.45, 7) is 1.48. The van der Waals surface area contributed by atoms with Crippen molar-refractivity contribution in [1.82, 2.24) is 14.5 Å². The van der Waals surface area contributed by atoms with Crippen molar-refractivity contribution in [3.63, 3.8) is 0 Å². The van der Waals surface area contributed by atoms with E-state index in [1.54, 1.807) is 11.3 Å². The smallest absolute Gasteiger partial charge is 0.223 e. The van der Waals surface area contributed by atoms with Crippen LogP contribution in [0.15, 0.2) is 41.8 Å². The van der Waals surface area contributed by atoms with E-state index < -0.39 is 0 Å². The Labute approximate surface area is 133 Å². The molecule has 0 aliphatic carbocycles. The van der Waals surface area contributed by atoms with Crippen LogP contribution in [0, 0.1) is 0 Å². The first-order valence-electron chi connectivity index (χ1n) is 7.44. The van der Waals surface area contributed by atoms with Gasteiger partial charge in [-0.05, 0) is 23.6 Å². The molecule has 0 N–H and O–H groups in total. The number of para-hydroxylation sites is 2. The summed E-state index contributed by atoms with van der Waals surface area (Å²) < 4.78 is 2.13. The minimum atomic E-state index is 0.185. The van der Waals surface area contributed by atoms with Gasteiger partial charge in [-0.25, -0.2) is 4.98 Å². The SMILES string of the molecule is Cn1c([C@H]2CC(=O)N(Cc3cccs3)C2)nc2ccccc21. The number of carbonyl (C=O) groups excluding carboxylic acids is 1. The van der Waals surface area contributed by atoms with E-state index in [1.807, 2.05) is 36.2 Å². The highest BCUT2D eigenvalue weighted by Crippen LogP contribution is 2.30. The Morgan fingerprint density at radius 1 is 1.27 bits per heavy atom. The van der Waals surface area contributed by atoms with Gasteiger partial charge in [-0.1, -0.05) is 18.2 Å². The van der Waals surface area contributed by atoms with Crippen LogP contribution in [-0.4, -0.2) is 26.9 Å². The van der Waals surface area contributed by atoms with E-state index in [4.69, 9.17) is 4.98 Å². The second-order valence-electron chi connectivity index (χ2n) is 5.77. The van der Waals surface area contributed by atoms with Gasteiger partial charge in [-0.2, -0.15) is 0 Å². The molecule has 0 unspecified atom stereocenters. The molecular weight excluding hydrogens is 294 g/mol. The lowest BCUT2D eigenvalue weighted by atomic mass is 10.1. The second kappa shape index (κ2) is 5.25. The van der Waals surface area contributed by atoms with Crippen molar-refractivity contribution in [1.29, 1.82) is 0 Å². The molecule has 4 nitrogen and oxygen atoms in total. The largest absolute Gasteiger partial charge is 0.337 e. The topological polar surface area (TPSA) is 38.1 Å². The van der Waals surface area contributed by atoms with E-state index in [2.05, 4.69) is 22.1 Å². The highest BCUT2D eigenvalue weighted by Gasteiger charge is 2.33. The number of nitrogens with zero attached hydrogens (tertiary/aromatic N) is 3. The maximum atomic E-state index is 12.3. The molecule has 5 heteroatoms. The van der Waals surface area contributed by atoms with Gasteiger partial charge in [0.25, 0.3) is 0 Å².